The second kappa shape index (κ2) is 9.64. The number of hydrogen-bond acceptors (Lipinski definition) is 4. The highest BCUT2D eigenvalue weighted by Crippen LogP contribution is 2.68. The highest BCUT2D eigenvalue weighted by atomic mass is 32.2. The lowest BCUT2D eigenvalue weighted by molar-refractivity contribution is -0.137. The van der Waals surface area contributed by atoms with E-state index < -0.39 is 22.8 Å². The van der Waals surface area contributed by atoms with Gasteiger partial charge in [0.05, 0.1) is 6.10 Å². The van der Waals surface area contributed by atoms with Crippen molar-refractivity contribution in [3.63, 3.8) is 0 Å². The lowest BCUT2D eigenvalue weighted by atomic mass is 9.44. The van der Waals surface area contributed by atoms with Crippen LogP contribution in [0.15, 0.2) is 0 Å². The molecule has 9 atom stereocenters. The quantitative estimate of drug-likeness (QED) is 0.420. The van der Waals surface area contributed by atoms with Crippen LogP contribution in [0.2, 0.25) is 0 Å². The molecule has 4 rings (SSSR count). The van der Waals surface area contributed by atoms with Gasteiger partial charge in [-0.2, -0.15) is 12.7 Å². The fourth-order valence-corrected chi connectivity index (χ4v) is 10.1. The highest BCUT2D eigenvalue weighted by Gasteiger charge is 2.60. The Hall–Kier alpha value is -0.700. The number of aliphatic hydroxyl groups is 1. The van der Waals surface area contributed by atoms with E-state index in [9.17, 15) is 22.9 Å². The first-order valence-electron chi connectivity index (χ1n) is 13.5. The summed E-state index contributed by atoms with van der Waals surface area (Å²) in [6, 6.07) is 0. The molecule has 3 N–H and O–H groups in total. The number of aliphatic carboxylic acids is 1. The van der Waals surface area contributed by atoms with Crippen molar-refractivity contribution in [1.29, 1.82) is 0 Å². The first-order chi connectivity index (χ1) is 15.9. The molecule has 0 aromatic heterocycles. The van der Waals surface area contributed by atoms with Gasteiger partial charge in [-0.05, 0) is 117 Å². The van der Waals surface area contributed by atoms with Crippen LogP contribution in [0.5, 0.6) is 0 Å². The van der Waals surface area contributed by atoms with Gasteiger partial charge in [0.25, 0.3) is 0 Å². The molecule has 0 saturated heterocycles. The minimum Gasteiger partial charge on any atom is -0.480 e. The molecule has 34 heavy (non-hydrogen) atoms. The van der Waals surface area contributed by atoms with E-state index in [0.29, 0.717) is 39.3 Å². The molecule has 4 aliphatic rings. The van der Waals surface area contributed by atoms with Gasteiger partial charge < -0.3 is 10.2 Å². The third kappa shape index (κ3) is 4.81. The molecule has 0 spiro atoms. The number of fused-ring (bicyclic) bond motifs is 5. The van der Waals surface area contributed by atoms with Crippen LogP contribution >= 0.6 is 0 Å². The van der Waals surface area contributed by atoms with E-state index >= 15 is 0 Å². The van der Waals surface area contributed by atoms with Crippen LogP contribution < -0.4 is 0 Å². The Kier molecular flexibility index (Phi) is 7.47. The number of aliphatic hydroxyl groups excluding tert-OH is 1. The van der Waals surface area contributed by atoms with Gasteiger partial charge >= 0.3 is 16.3 Å². The van der Waals surface area contributed by atoms with Gasteiger partial charge in [-0.15, -0.1) is 0 Å². The second-order valence-corrected chi connectivity index (χ2v) is 14.1. The lowest BCUT2D eigenvalue weighted by Crippen LogP contribution is -2.54. The van der Waals surface area contributed by atoms with Gasteiger partial charge in [0.15, 0.2) is 0 Å². The van der Waals surface area contributed by atoms with Gasteiger partial charge in [0.2, 0.25) is 0 Å². The second-order valence-electron chi connectivity index (χ2n) is 12.6. The number of carboxylic acids is 1. The van der Waals surface area contributed by atoms with Gasteiger partial charge in [-0.1, -0.05) is 20.8 Å². The topological polar surface area (TPSA) is 115 Å². The highest BCUT2D eigenvalue weighted by molar-refractivity contribution is 7.83. The predicted molar refractivity (Wildman–Crippen MR) is 130 cm³/mol. The Morgan fingerprint density at radius 3 is 2.38 bits per heavy atom. The zero-order valence-corrected chi connectivity index (χ0v) is 22.0. The molecule has 4 fully saturated rings. The Morgan fingerprint density at radius 1 is 1.03 bits per heavy atom. The first kappa shape index (κ1) is 26.4. The van der Waals surface area contributed by atoms with Gasteiger partial charge in [-0.25, -0.2) is 0 Å². The molecule has 4 saturated carbocycles. The SMILES string of the molecule is C[C@H](CCCN(CC(=O)O)S(=O)(=O)O)[C@H]1CC[C@H]2[C@@H]3CC[C@@H]4C[C@H](O)CC[C@]4(C)[C@H]3CC[C@]12C. The van der Waals surface area contributed by atoms with Crippen molar-refractivity contribution in [2.45, 2.75) is 97.5 Å². The fourth-order valence-electron chi connectivity index (χ4n) is 9.43. The van der Waals surface area contributed by atoms with E-state index in [1.54, 1.807) is 0 Å². The van der Waals surface area contributed by atoms with E-state index in [0.717, 1.165) is 37.0 Å². The van der Waals surface area contributed by atoms with Crippen molar-refractivity contribution in [3.8, 4) is 0 Å². The van der Waals surface area contributed by atoms with Crippen LogP contribution in [0, 0.1) is 46.3 Å². The molecule has 0 aromatic rings. The average Bonchev–Trinajstić information content (AvgIpc) is 3.10. The summed E-state index contributed by atoms with van der Waals surface area (Å²) in [5.74, 6) is 2.79. The Labute approximate surface area is 205 Å². The molecule has 0 amide bonds. The monoisotopic (exact) mass is 499 g/mol. The molecular formula is C26H45NO6S. The molecular weight excluding hydrogens is 454 g/mol. The molecule has 7 nitrogen and oxygen atoms in total. The van der Waals surface area contributed by atoms with Crippen molar-refractivity contribution >= 4 is 16.3 Å². The Bertz CT molecular complexity index is 863. The molecule has 0 unspecified atom stereocenters. The summed E-state index contributed by atoms with van der Waals surface area (Å²) in [4.78, 5) is 11.0. The van der Waals surface area contributed by atoms with Crippen LogP contribution in [0.25, 0.3) is 0 Å². The summed E-state index contributed by atoms with van der Waals surface area (Å²) in [5.41, 5.74) is 0.707. The van der Waals surface area contributed by atoms with E-state index in [-0.39, 0.29) is 12.6 Å². The van der Waals surface area contributed by atoms with Crippen LogP contribution in [0.3, 0.4) is 0 Å². The summed E-state index contributed by atoms with van der Waals surface area (Å²) < 4.78 is 33.0. The molecule has 196 valence electrons. The van der Waals surface area contributed by atoms with Crippen LogP contribution in [0.4, 0.5) is 0 Å². The van der Waals surface area contributed by atoms with Crippen LogP contribution in [-0.4, -0.2) is 52.7 Å². The van der Waals surface area contributed by atoms with Crippen LogP contribution in [-0.2, 0) is 15.1 Å². The molecule has 8 heteroatoms. The molecule has 4 aliphatic carbocycles. The smallest absolute Gasteiger partial charge is 0.336 e. The average molecular weight is 500 g/mol. The van der Waals surface area contributed by atoms with Crippen molar-refractivity contribution < 1.29 is 28.0 Å². The largest absolute Gasteiger partial charge is 0.480 e. The number of carbonyl (C=O) groups is 1. The third-order valence-corrected chi connectivity index (χ3v) is 12.1. The molecule has 0 radical (unpaired) electrons. The number of hydrogen-bond donors (Lipinski definition) is 3. The van der Waals surface area contributed by atoms with E-state index in [2.05, 4.69) is 20.8 Å². The standard InChI is InChI=1S/C26H45NO6S/c1-17(5-4-14-27(16-24(29)30)34(31,32)33)21-8-9-22-20-7-6-18-15-19(28)10-12-25(18,2)23(20)11-13-26(21,22)3/h17-23,28H,4-16H2,1-3H3,(H,29,30)(H,31,32,33)/t17-,18-,19-,20+,21-,22+,23+,25+,26-/m1/s1. The zero-order chi connectivity index (χ0) is 24.9. The van der Waals surface area contributed by atoms with Gasteiger partial charge in [0.1, 0.15) is 6.54 Å². The molecule has 0 bridgehead atoms. The minimum absolute atomic E-state index is 0.0403. The normalized spacial score (nSPS) is 43.1. The maximum Gasteiger partial charge on any atom is 0.336 e. The summed E-state index contributed by atoms with van der Waals surface area (Å²) in [7, 11) is -4.50. The van der Waals surface area contributed by atoms with E-state index in [4.69, 9.17) is 5.11 Å². The Balaban J connectivity index is 1.39. The zero-order valence-electron chi connectivity index (χ0n) is 21.2. The summed E-state index contributed by atoms with van der Waals surface area (Å²) in [6.07, 6.45) is 12.0. The predicted octanol–water partition coefficient (Wildman–Crippen LogP) is 4.61. The van der Waals surface area contributed by atoms with E-state index in [1.807, 2.05) is 0 Å². The van der Waals surface area contributed by atoms with Crippen molar-refractivity contribution in [2.24, 2.45) is 46.3 Å². The fraction of sp³-hybridized carbons (Fsp3) is 0.962. The van der Waals surface area contributed by atoms with Crippen molar-refractivity contribution in [2.75, 3.05) is 13.1 Å². The Morgan fingerprint density at radius 2 is 1.71 bits per heavy atom. The minimum atomic E-state index is -4.50. The summed E-state index contributed by atoms with van der Waals surface area (Å²) in [5, 5.41) is 19.2. The van der Waals surface area contributed by atoms with E-state index in [1.165, 1.54) is 44.9 Å². The summed E-state index contributed by atoms with van der Waals surface area (Å²) in [6.45, 7) is 6.65. The van der Waals surface area contributed by atoms with Gasteiger partial charge in [-0.3, -0.25) is 9.35 Å². The number of rotatable bonds is 8. The lowest BCUT2D eigenvalue weighted by Gasteiger charge is -2.61. The van der Waals surface area contributed by atoms with Crippen molar-refractivity contribution in [1.82, 2.24) is 4.31 Å². The first-order valence-corrected chi connectivity index (χ1v) is 14.9. The molecule has 0 aromatic carbocycles. The number of nitrogens with zero attached hydrogens (tertiary/aromatic N) is 1. The molecule has 0 aliphatic heterocycles. The van der Waals surface area contributed by atoms with Gasteiger partial charge in [0, 0.05) is 6.54 Å². The van der Waals surface area contributed by atoms with Crippen molar-refractivity contribution in [3.05, 3.63) is 0 Å². The maximum atomic E-state index is 11.5. The number of carboxylic acid groups (broad SMARTS) is 1. The van der Waals surface area contributed by atoms with Crippen LogP contribution in [0.1, 0.15) is 91.4 Å². The summed E-state index contributed by atoms with van der Waals surface area (Å²) >= 11 is 0. The third-order valence-electron chi connectivity index (χ3n) is 11.1. The maximum absolute atomic E-state index is 11.5. The molecule has 0 heterocycles.